The highest BCUT2D eigenvalue weighted by Crippen LogP contribution is 2.32. The Hall–Kier alpha value is -3.54. The third-order valence-corrected chi connectivity index (χ3v) is 4.22. The van der Waals surface area contributed by atoms with E-state index in [9.17, 15) is 4.79 Å². The molecule has 0 radical (unpaired) electrons. The van der Waals surface area contributed by atoms with E-state index in [0.717, 1.165) is 28.3 Å². The van der Waals surface area contributed by atoms with Crippen molar-refractivity contribution in [2.24, 2.45) is 0 Å². The number of carbonyl (C=O) groups excluding carboxylic acids is 1. The fraction of sp³-hybridized carbons (Fsp3) is 0.143. The monoisotopic (exact) mass is 361 g/mol. The molecule has 1 aromatic heterocycles. The molecule has 2 heterocycles. The third-order valence-electron chi connectivity index (χ3n) is 4.22. The first-order valence-corrected chi connectivity index (χ1v) is 8.64. The molecule has 0 atom stereocenters. The average Bonchev–Trinajstić information content (AvgIpc) is 3.15. The zero-order valence-corrected chi connectivity index (χ0v) is 14.9. The van der Waals surface area contributed by atoms with Gasteiger partial charge in [0, 0.05) is 12.1 Å². The number of fused-ring (bicyclic) bond motifs is 1. The highest BCUT2D eigenvalue weighted by molar-refractivity contribution is 6.03. The zero-order valence-electron chi connectivity index (χ0n) is 14.9. The maximum absolute atomic E-state index is 12.3. The van der Waals surface area contributed by atoms with Crippen molar-refractivity contribution in [3.05, 3.63) is 77.5 Å². The minimum absolute atomic E-state index is 0.174. The molecule has 0 bridgehead atoms. The summed E-state index contributed by atoms with van der Waals surface area (Å²) in [5.74, 6) is 1.87. The number of anilines is 2. The molecule has 136 valence electrons. The van der Waals surface area contributed by atoms with Crippen LogP contribution >= 0.6 is 0 Å². The Bertz CT molecular complexity index is 971. The smallest absolute Gasteiger partial charge is 0.256 e. The van der Waals surface area contributed by atoms with Crippen LogP contribution in [-0.4, -0.2) is 17.7 Å². The Morgan fingerprint density at radius 3 is 2.78 bits per heavy atom. The first-order chi connectivity index (χ1) is 13.2. The number of hydrogen-bond donors (Lipinski definition) is 2. The molecular formula is C21H19N3O3. The Balaban J connectivity index is 1.35. The summed E-state index contributed by atoms with van der Waals surface area (Å²) in [7, 11) is 0. The van der Waals surface area contributed by atoms with Gasteiger partial charge in [0.25, 0.3) is 5.91 Å². The summed E-state index contributed by atoms with van der Waals surface area (Å²) < 4.78 is 10.7. The molecule has 6 heteroatoms. The van der Waals surface area contributed by atoms with Gasteiger partial charge in [-0.25, -0.2) is 4.98 Å². The van der Waals surface area contributed by atoms with Crippen LogP contribution in [0.3, 0.4) is 0 Å². The summed E-state index contributed by atoms with van der Waals surface area (Å²) in [6, 6.07) is 16.9. The predicted octanol–water partition coefficient (Wildman–Crippen LogP) is 3.98. The van der Waals surface area contributed by atoms with Crippen LogP contribution in [0.4, 0.5) is 11.5 Å². The minimum atomic E-state index is -0.174. The van der Waals surface area contributed by atoms with Crippen LogP contribution in [0.15, 0.2) is 60.8 Å². The first kappa shape index (κ1) is 16.9. The van der Waals surface area contributed by atoms with E-state index in [1.165, 1.54) is 0 Å². The zero-order chi connectivity index (χ0) is 18.6. The number of benzene rings is 2. The Morgan fingerprint density at radius 2 is 1.96 bits per heavy atom. The average molecular weight is 361 g/mol. The Morgan fingerprint density at radius 1 is 1.07 bits per heavy atom. The summed E-state index contributed by atoms with van der Waals surface area (Å²) >= 11 is 0. The fourth-order valence-corrected chi connectivity index (χ4v) is 2.80. The molecule has 2 aromatic carbocycles. The fourth-order valence-electron chi connectivity index (χ4n) is 2.80. The molecule has 4 rings (SSSR count). The van der Waals surface area contributed by atoms with Gasteiger partial charge in [-0.2, -0.15) is 0 Å². The van der Waals surface area contributed by atoms with Crippen LogP contribution in [0.1, 0.15) is 21.5 Å². The number of aryl methyl sites for hydroxylation is 1. The quantitative estimate of drug-likeness (QED) is 0.719. The van der Waals surface area contributed by atoms with Gasteiger partial charge in [-0.1, -0.05) is 23.8 Å². The van der Waals surface area contributed by atoms with Crippen molar-refractivity contribution in [2.45, 2.75) is 13.5 Å². The van der Waals surface area contributed by atoms with Crippen molar-refractivity contribution < 1.29 is 14.3 Å². The van der Waals surface area contributed by atoms with E-state index < -0.39 is 0 Å². The molecule has 27 heavy (non-hydrogen) atoms. The molecule has 1 aliphatic heterocycles. The lowest BCUT2D eigenvalue weighted by Crippen LogP contribution is -2.13. The van der Waals surface area contributed by atoms with Gasteiger partial charge in [0.05, 0.1) is 11.9 Å². The number of rotatable bonds is 5. The van der Waals surface area contributed by atoms with Gasteiger partial charge in [-0.05, 0) is 48.9 Å². The molecule has 0 fully saturated rings. The number of amides is 1. The van der Waals surface area contributed by atoms with Crippen molar-refractivity contribution in [1.82, 2.24) is 4.98 Å². The van der Waals surface area contributed by atoms with E-state index in [1.807, 2.05) is 49.4 Å². The summed E-state index contributed by atoms with van der Waals surface area (Å²) in [5, 5.41) is 6.11. The largest absolute Gasteiger partial charge is 0.454 e. The van der Waals surface area contributed by atoms with Crippen LogP contribution in [0, 0.1) is 6.92 Å². The Labute approximate surface area is 157 Å². The van der Waals surface area contributed by atoms with Crippen molar-refractivity contribution in [3.63, 3.8) is 0 Å². The van der Waals surface area contributed by atoms with Gasteiger partial charge in [0.2, 0.25) is 6.79 Å². The van der Waals surface area contributed by atoms with E-state index in [0.29, 0.717) is 17.9 Å². The van der Waals surface area contributed by atoms with Crippen LogP contribution < -0.4 is 20.1 Å². The lowest BCUT2D eigenvalue weighted by Gasteiger charge is -2.09. The summed E-state index contributed by atoms with van der Waals surface area (Å²) in [4.78, 5) is 16.6. The highest BCUT2D eigenvalue weighted by Gasteiger charge is 2.13. The van der Waals surface area contributed by atoms with Gasteiger partial charge in [0.15, 0.2) is 11.5 Å². The maximum Gasteiger partial charge on any atom is 0.256 e. The van der Waals surface area contributed by atoms with E-state index in [4.69, 9.17) is 9.47 Å². The van der Waals surface area contributed by atoms with Gasteiger partial charge in [-0.3, -0.25) is 4.79 Å². The maximum atomic E-state index is 12.3. The van der Waals surface area contributed by atoms with Crippen molar-refractivity contribution in [2.75, 3.05) is 17.4 Å². The topological polar surface area (TPSA) is 72.5 Å². The molecule has 0 aliphatic carbocycles. The van der Waals surface area contributed by atoms with Crippen LogP contribution in [0.2, 0.25) is 0 Å². The lowest BCUT2D eigenvalue weighted by molar-refractivity contribution is 0.102. The number of nitrogens with one attached hydrogen (secondary N) is 2. The normalized spacial score (nSPS) is 11.9. The molecule has 3 aromatic rings. The molecule has 0 unspecified atom stereocenters. The number of ether oxygens (including phenoxy) is 2. The first-order valence-electron chi connectivity index (χ1n) is 8.64. The summed E-state index contributed by atoms with van der Waals surface area (Å²) in [6.07, 6.45) is 1.69. The Kier molecular flexibility index (Phi) is 4.61. The van der Waals surface area contributed by atoms with Gasteiger partial charge in [0.1, 0.15) is 5.82 Å². The van der Waals surface area contributed by atoms with Crippen molar-refractivity contribution in [3.8, 4) is 11.5 Å². The van der Waals surface area contributed by atoms with E-state index in [1.54, 1.807) is 18.3 Å². The second-order valence-corrected chi connectivity index (χ2v) is 6.30. The van der Waals surface area contributed by atoms with Crippen LogP contribution in [0.25, 0.3) is 0 Å². The molecule has 1 amide bonds. The van der Waals surface area contributed by atoms with Crippen molar-refractivity contribution >= 4 is 17.4 Å². The van der Waals surface area contributed by atoms with Gasteiger partial charge < -0.3 is 20.1 Å². The van der Waals surface area contributed by atoms with Crippen molar-refractivity contribution in [1.29, 1.82) is 0 Å². The van der Waals surface area contributed by atoms with Crippen LogP contribution in [-0.2, 0) is 6.54 Å². The van der Waals surface area contributed by atoms with E-state index in [-0.39, 0.29) is 12.7 Å². The SMILES string of the molecule is Cc1cccc(C(=O)Nc2ccc(NCc3ccc4c(c3)OCO4)cn2)c1. The molecule has 0 saturated carbocycles. The standard InChI is InChI=1S/C21H19N3O3/c1-14-3-2-4-16(9-14)21(25)24-20-8-6-17(12-23-20)22-11-15-5-7-18-19(10-15)27-13-26-18/h2-10,12,22H,11,13H2,1H3,(H,23,24,25). The number of pyridine rings is 1. The molecule has 6 nitrogen and oxygen atoms in total. The number of nitrogens with zero attached hydrogens (tertiary/aromatic N) is 1. The van der Waals surface area contributed by atoms with Crippen LogP contribution in [0.5, 0.6) is 11.5 Å². The molecule has 0 saturated heterocycles. The second-order valence-electron chi connectivity index (χ2n) is 6.30. The second kappa shape index (κ2) is 7.37. The van der Waals surface area contributed by atoms with E-state index in [2.05, 4.69) is 15.6 Å². The molecule has 0 spiro atoms. The molecule has 2 N–H and O–H groups in total. The minimum Gasteiger partial charge on any atom is -0.454 e. The molecular weight excluding hydrogens is 342 g/mol. The summed E-state index contributed by atoms with van der Waals surface area (Å²) in [6.45, 7) is 2.86. The lowest BCUT2D eigenvalue weighted by atomic mass is 10.1. The third kappa shape index (κ3) is 4.00. The predicted molar refractivity (Wildman–Crippen MR) is 103 cm³/mol. The summed E-state index contributed by atoms with van der Waals surface area (Å²) in [5.41, 5.74) is 3.60. The number of hydrogen-bond acceptors (Lipinski definition) is 5. The van der Waals surface area contributed by atoms with E-state index >= 15 is 0 Å². The molecule has 1 aliphatic rings. The van der Waals surface area contributed by atoms with Gasteiger partial charge in [-0.15, -0.1) is 0 Å². The highest BCUT2D eigenvalue weighted by atomic mass is 16.7. The number of aromatic nitrogens is 1. The number of carbonyl (C=O) groups is 1. The van der Waals surface area contributed by atoms with Gasteiger partial charge >= 0.3 is 0 Å².